The molecule has 0 heterocycles. The molecule has 0 radical (unpaired) electrons. The van der Waals surface area contributed by atoms with Crippen molar-refractivity contribution in [3.8, 4) is 0 Å². The first kappa shape index (κ1) is 10.4. The van der Waals surface area contributed by atoms with Crippen molar-refractivity contribution in [2.75, 3.05) is 0 Å². The van der Waals surface area contributed by atoms with Gasteiger partial charge in [-0.1, -0.05) is 17.7 Å². The molecule has 72 valence electrons. The molecule has 1 aromatic rings. The van der Waals surface area contributed by atoms with Gasteiger partial charge in [-0.05, 0) is 24.6 Å². The summed E-state index contributed by atoms with van der Waals surface area (Å²) in [6.45, 7) is 1.56. The van der Waals surface area contributed by atoms with Crippen LogP contribution in [0.5, 0.6) is 0 Å². The van der Waals surface area contributed by atoms with Crippen LogP contribution in [0.25, 0.3) is 0 Å². The molecular weight excluding hydrogens is 193 g/mol. The monoisotopic (exact) mass is 203 g/mol. The third-order valence-corrected chi connectivity index (χ3v) is 2.17. The first-order valence-electron chi connectivity index (χ1n) is 3.91. The van der Waals surface area contributed by atoms with E-state index in [0.717, 1.165) is 0 Å². The van der Waals surface area contributed by atoms with Crippen LogP contribution in [0.4, 0.5) is 4.39 Å². The Bertz CT molecular complexity index is 304. The number of aliphatic hydroxyl groups excluding tert-OH is 1. The summed E-state index contributed by atoms with van der Waals surface area (Å²) in [4.78, 5) is 0. The van der Waals surface area contributed by atoms with Crippen molar-refractivity contribution < 1.29 is 9.50 Å². The Morgan fingerprint density at radius 1 is 1.54 bits per heavy atom. The van der Waals surface area contributed by atoms with Crippen molar-refractivity contribution in [1.82, 2.24) is 0 Å². The molecule has 0 aliphatic heterocycles. The van der Waals surface area contributed by atoms with Gasteiger partial charge in [-0.25, -0.2) is 4.39 Å². The Labute approximate surface area is 81.1 Å². The van der Waals surface area contributed by atoms with Gasteiger partial charge in [0.25, 0.3) is 0 Å². The molecule has 1 aromatic carbocycles. The highest BCUT2D eigenvalue weighted by Crippen LogP contribution is 2.24. The number of hydrogen-bond acceptors (Lipinski definition) is 2. The molecule has 0 saturated heterocycles. The predicted molar refractivity (Wildman–Crippen MR) is 50.0 cm³/mol. The fourth-order valence-electron chi connectivity index (χ4n) is 1.03. The smallest absolute Gasteiger partial charge is 0.124 e. The van der Waals surface area contributed by atoms with E-state index in [4.69, 9.17) is 17.3 Å². The standard InChI is InChI=1S/C9H11ClFNO/c1-5(13)9(12)7-3-2-6(11)4-8(7)10/h2-5,9,13H,12H2,1H3/t5-,9-/m1/s1. The number of hydrogen-bond donors (Lipinski definition) is 2. The van der Waals surface area contributed by atoms with Crippen molar-refractivity contribution >= 4 is 11.6 Å². The second-order valence-corrected chi connectivity index (χ2v) is 3.34. The van der Waals surface area contributed by atoms with Gasteiger partial charge in [0.05, 0.1) is 12.1 Å². The molecule has 0 spiro atoms. The molecule has 1 rings (SSSR count). The number of aliphatic hydroxyl groups is 1. The molecule has 0 aromatic heterocycles. The summed E-state index contributed by atoms with van der Waals surface area (Å²) in [6, 6.07) is 3.35. The number of rotatable bonds is 2. The highest BCUT2D eigenvalue weighted by Gasteiger charge is 2.15. The Kier molecular flexibility index (Phi) is 3.25. The van der Waals surface area contributed by atoms with E-state index in [1.807, 2.05) is 0 Å². The topological polar surface area (TPSA) is 46.2 Å². The fraction of sp³-hybridized carbons (Fsp3) is 0.333. The van der Waals surface area contributed by atoms with Crippen LogP contribution in [0.15, 0.2) is 18.2 Å². The lowest BCUT2D eigenvalue weighted by Gasteiger charge is -2.16. The first-order chi connectivity index (χ1) is 6.02. The molecule has 2 nitrogen and oxygen atoms in total. The van der Waals surface area contributed by atoms with E-state index in [0.29, 0.717) is 5.56 Å². The molecule has 3 N–H and O–H groups in total. The molecule has 4 heteroatoms. The van der Waals surface area contributed by atoms with Gasteiger partial charge >= 0.3 is 0 Å². The second-order valence-electron chi connectivity index (χ2n) is 2.93. The summed E-state index contributed by atoms with van der Waals surface area (Å²) in [5.41, 5.74) is 6.19. The maximum absolute atomic E-state index is 12.6. The molecule has 0 aliphatic carbocycles. The van der Waals surface area contributed by atoms with Crippen LogP contribution < -0.4 is 5.73 Å². The van der Waals surface area contributed by atoms with Gasteiger partial charge in [0.2, 0.25) is 0 Å². The minimum atomic E-state index is -0.706. The summed E-state index contributed by atoms with van der Waals surface area (Å²) < 4.78 is 12.6. The summed E-state index contributed by atoms with van der Waals surface area (Å²) in [6.07, 6.45) is -0.706. The first-order valence-corrected chi connectivity index (χ1v) is 4.28. The lowest BCUT2D eigenvalue weighted by molar-refractivity contribution is 0.164. The lowest BCUT2D eigenvalue weighted by atomic mass is 10.0. The summed E-state index contributed by atoms with van der Waals surface area (Å²) in [7, 11) is 0. The highest BCUT2D eigenvalue weighted by molar-refractivity contribution is 6.31. The maximum Gasteiger partial charge on any atom is 0.124 e. The number of nitrogens with two attached hydrogens (primary N) is 1. The largest absolute Gasteiger partial charge is 0.391 e. The fourth-order valence-corrected chi connectivity index (χ4v) is 1.32. The average molecular weight is 204 g/mol. The van der Waals surface area contributed by atoms with Gasteiger partial charge in [-0.3, -0.25) is 0 Å². The van der Waals surface area contributed by atoms with Crippen LogP contribution in [-0.4, -0.2) is 11.2 Å². The third kappa shape index (κ3) is 2.40. The Balaban J connectivity index is 3.01. The lowest BCUT2D eigenvalue weighted by Crippen LogP contribution is -2.23. The predicted octanol–water partition coefficient (Wildman–Crippen LogP) is 1.86. The zero-order valence-corrected chi connectivity index (χ0v) is 7.92. The number of benzene rings is 1. The van der Waals surface area contributed by atoms with Crippen molar-refractivity contribution in [3.05, 3.63) is 34.6 Å². The van der Waals surface area contributed by atoms with Crippen molar-refractivity contribution in [1.29, 1.82) is 0 Å². The molecule has 0 unspecified atom stereocenters. The van der Waals surface area contributed by atoms with Crippen LogP contribution in [-0.2, 0) is 0 Å². The van der Waals surface area contributed by atoms with E-state index < -0.39 is 18.0 Å². The van der Waals surface area contributed by atoms with Gasteiger partial charge in [0.1, 0.15) is 5.82 Å². The minimum Gasteiger partial charge on any atom is -0.391 e. The Morgan fingerprint density at radius 3 is 2.62 bits per heavy atom. The quantitative estimate of drug-likeness (QED) is 0.771. The molecular formula is C9H11ClFNO. The molecule has 0 bridgehead atoms. The van der Waals surface area contributed by atoms with Crippen LogP contribution in [0.1, 0.15) is 18.5 Å². The average Bonchev–Trinajstić information content (AvgIpc) is 2.03. The van der Waals surface area contributed by atoms with Gasteiger partial charge in [0.15, 0.2) is 0 Å². The molecule has 0 saturated carbocycles. The van der Waals surface area contributed by atoms with Gasteiger partial charge in [0, 0.05) is 5.02 Å². The normalized spacial score (nSPS) is 15.5. The van der Waals surface area contributed by atoms with Crippen molar-refractivity contribution in [2.45, 2.75) is 19.1 Å². The van der Waals surface area contributed by atoms with E-state index >= 15 is 0 Å². The SMILES string of the molecule is C[C@@H](O)[C@@H](N)c1ccc(F)cc1Cl. The molecule has 0 aliphatic rings. The van der Waals surface area contributed by atoms with Crippen LogP contribution in [0, 0.1) is 5.82 Å². The maximum atomic E-state index is 12.6. The van der Waals surface area contributed by atoms with Gasteiger partial charge in [-0.2, -0.15) is 0 Å². The summed E-state index contributed by atoms with van der Waals surface area (Å²) in [5, 5.41) is 9.43. The molecule has 0 amide bonds. The second kappa shape index (κ2) is 4.05. The Hall–Kier alpha value is -0.640. The van der Waals surface area contributed by atoms with Crippen LogP contribution in [0.3, 0.4) is 0 Å². The third-order valence-electron chi connectivity index (χ3n) is 1.84. The summed E-state index contributed by atoms with van der Waals surface area (Å²) in [5.74, 6) is -0.411. The number of halogens is 2. The van der Waals surface area contributed by atoms with E-state index in [1.54, 1.807) is 6.92 Å². The minimum absolute atomic E-state index is 0.244. The zero-order chi connectivity index (χ0) is 10.0. The van der Waals surface area contributed by atoms with E-state index in [-0.39, 0.29) is 5.02 Å². The van der Waals surface area contributed by atoms with Crippen molar-refractivity contribution in [2.24, 2.45) is 5.73 Å². The highest BCUT2D eigenvalue weighted by atomic mass is 35.5. The van der Waals surface area contributed by atoms with Crippen molar-refractivity contribution in [3.63, 3.8) is 0 Å². The van der Waals surface area contributed by atoms with E-state index in [2.05, 4.69) is 0 Å². The molecule has 13 heavy (non-hydrogen) atoms. The Morgan fingerprint density at radius 2 is 2.15 bits per heavy atom. The van der Waals surface area contributed by atoms with Crippen LogP contribution >= 0.6 is 11.6 Å². The van der Waals surface area contributed by atoms with Crippen LogP contribution in [0.2, 0.25) is 5.02 Å². The zero-order valence-electron chi connectivity index (χ0n) is 7.17. The van der Waals surface area contributed by atoms with E-state index in [9.17, 15) is 9.50 Å². The summed E-state index contributed by atoms with van der Waals surface area (Å²) >= 11 is 5.74. The van der Waals surface area contributed by atoms with Gasteiger partial charge < -0.3 is 10.8 Å². The molecule has 2 atom stereocenters. The molecule has 0 fully saturated rings. The van der Waals surface area contributed by atoms with E-state index in [1.165, 1.54) is 18.2 Å². The van der Waals surface area contributed by atoms with Gasteiger partial charge in [-0.15, -0.1) is 0 Å².